The molecule has 0 unspecified atom stereocenters. The largest absolute Gasteiger partial charge is 0.391 e. The molecule has 1 fully saturated rings. The first-order valence-electron chi connectivity index (χ1n) is 9.82. The predicted octanol–water partition coefficient (Wildman–Crippen LogP) is 3.01. The number of nitrogens with two attached hydrogens (primary N) is 1. The zero-order valence-electron chi connectivity index (χ0n) is 16.8. The van der Waals surface area contributed by atoms with Crippen molar-refractivity contribution in [2.75, 3.05) is 29.0 Å². The standard InChI is InChI=1S/C20H22F2N6O2S/c1-27-20(28-8-3-2-5-11(29)10-28)14(9-24-27)25-18(30)16-17(23)31-19(26-16)15-12(21)6-4-7-13(15)22/h4,6-7,9,11,29H,2-3,5,8,10,23H2,1H3,(H,25,30)/t11-/m0/s1. The maximum atomic E-state index is 14.1. The first-order valence-corrected chi connectivity index (χ1v) is 10.6. The molecule has 1 amide bonds. The third kappa shape index (κ3) is 4.23. The molecule has 3 aromatic rings. The number of β-amino-alcohol motifs (C(OH)–C–C–N with tert-alkyl or cyclic N) is 1. The number of thiazole rings is 1. The number of aromatic nitrogens is 3. The van der Waals surface area contributed by atoms with Crippen LogP contribution in [0.3, 0.4) is 0 Å². The van der Waals surface area contributed by atoms with Gasteiger partial charge in [0.25, 0.3) is 5.91 Å². The van der Waals surface area contributed by atoms with Crippen molar-refractivity contribution in [1.82, 2.24) is 14.8 Å². The molecule has 0 radical (unpaired) electrons. The SMILES string of the molecule is Cn1ncc(NC(=O)c2nc(-c3c(F)cccc3F)sc2N)c1N1CCCC[C@H](O)C1. The highest BCUT2D eigenvalue weighted by atomic mass is 32.1. The summed E-state index contributed by atoms with van der Waals surface area (Å²) in [6.07, 6.45) is 3.59. The van der Waals surface area contributed by atoms with Gasteiger partial charge in [0.05, 0.1) is 17.9 Å². The van der Waals surface area contributed by atoms with Gasteiger partial charge in [-0.05, 0) is 31.4 Å². The monoisotopic (exact) mass is 448 g/mol. The highest BCUT2D eigenvalue weighted by Gasteiger charge is 2.25. The van der Waals surface area contributed by atoms with Gasteiger partial charge >= 0.3 is 0 Å². The molecule has 1 aliphatic heterocycles. The van der Waals surface area contributed by atoms with Crippen molar-refractivity contribution in [1.29, 1.82) is 0 Å². The molecule has 4 N–H and O–H groups in total. The zero-order valence-corrected chi connectivity index (χ0v) is 17.6. The molecule has 1 aromatic carbocycles. The second kappa shape index (κ2) is 8.60. The molecule has 1 saturated heterocycles. The number of hydrogen-bond donors (Lipinski definition) is 3. The van der Waals surface area contributed by atoms with Crippen molar-refractivity contribution in [2.45, 2.75) is 25.4 Å². The highest BCUT2D eigenvalue weighted by Crippen LogP contribution is 2.34. The lowest BCUT2D eigenvalue weighted by Gasteiger charge is -2.25. The van der Waals surface area contributed by atoms with E-state index in [0.717, 1.165) is 49.3 Å². The number of nitrogens with one attached hydrogen (secondary N) is 1. The van der Waals surface area contributed by atoms with Crippen LogP contribution in [0.4, 0.5) is 25.3 Å². The van der Waals surface area contributed by atoms with Crippen LogP contribution in [0.2, 0.25) is 0 Å². The van der Waals surface area contributed by atoms with E-state index in [4.69, 9.17) is 5.73 Å². The van der Waals surface area contributed by atoms with Crippen LogP contribution in [-0.4, -0.2) is 45.0 Å². The van der Waals surface area contributed by atoms with Crippen LogP contribution in [0.15, 0.2) is 24.4 Å². The predicted molar refractivity (Wildman–Crippen MR) is 115 cm³/mol. The van der Waals surface area contributed by atoms with Crippen LogP contribution in [0, 0.1) is 11.6 Å². The summed E-state index contributed by atoms with van der Waals surface area (Å²) >= 11 is 0.837. The Balaban J connectivity index is 1.61. The molecule has 1 aliphatic rings. The minimum atomic E-state index is -0.782. The molecule has 0 aliphatic carbocycles. The Labute approximate surface area is 181 Å². The van der Waals surface area contributed by atoms with Gasteiger partial charge in [-0.15, -0.1) is 0 Å². The molecular formula is C20H22F2N6O2S. The number of hydrogen-bond acceptors (Lipinski definition) is 7. The summed E-state index contributed by atoms with van der Waals surface area (Å²) in [7, 11) is 1.75. The molecule has 164 valence electrons. The van der Waals surface area contributed by atoms with E-state index in [9.17, 15) is 18.7 Å². The number of amides is 1. The third-order valence-electron chi connectivity index (χ3n) is 5.15. The molecule has 11 heteroatoms. The van der Waals surface area contributed by atoms with E-state index in [2.05, 4.69) is 15.4 Å². The summed E-state index contributed by atoms with van der Waals surface area (Å²) in [5, 5.41) is 17.1. The second-order valence-electron chi connectivity index (χ2n) is 7.38. The lowest BCUT2D eigenvalue weighted by molar-refractivity contribution is 0.102. The molecule has 4 rings (SSSR count). The first kappa shape index (κ1) is 21.2. The number of aryl methyl sites for hydroxylation is 1. The van der Waals surface area contributed by atoms with Crippen LogP contribution in [0.5, 0.6) is 0 Å². The van der Waals surface area contributed by atoms with Gasteiger partial charge in [-0.1, -0.05) is 17.4 Å². The van der Waals surface area contributed by atoms with Crippen molar-refractivity contribution >= 4 is 33.8 Å². The fourth-order valence-electron chi connectivity index (χ4n) is 3.69. The van der Waals surface area contributed by atoms with E-state index in [1.165, 1.54) is 12.3 Å². The number of carbonyl (C=O) groups is 1. The number of aliphatic hydroxyl groups excluding tert-OH is 1. The zero-order chi connectivity index (χ0) is 22.1. The second-order valence-corrected chi connectivity index (χ2v) is 8.41. The number of nitrogen functional groups attached to an aromatic ring is 1. The number of rotatable bonds is 4. The maximum Gasteiger partial charge on any atom is 0.277 e. The van der Waals surface area contributed by atoms with Crippen LogP contribution in [0.25, 0.3) is 10.6 Å². The molecule has 31 heavy (non-hydrogen) atoms. The van der Waals surface area contributed by atoms with Crippen LogP contribution >= 0.6 is 11.3 Å². The maximum absolute atomic E-state index is 14.1. The number of carbonyl (C=O) groups excluding carboxylic acids is 1. The van der Waals surface area contributed by atoms with E-state index >= 15 is 0 Å². The van der Waals surface area contributed by atoms with Gasteiger partial charge in [-0.25, -0.2) is 13.8 Å². The summed E-state index contributed by atoms with van der Waals surface area (Å²) in [5.41, 5.74) is 5.94. The van der Waals surface area contributed by atoms with Crippen molar-refractivity contribution < 1.29 is 18.7 Å². The number of anilines is 3. The van der Waals surface area contributed by atoms with E-state index in [1.54, 1.807) is 11.7 Å². The number of nitrogens with zero attached hydrogens (tertiary/aromatic N) is 4. The Morgan fingerprint density at radius 1 is 1.32 bits per heavy atom. The number of halogens is 2. The van der Waals surface area contributed by atoms with Gasteiger partial charge in [-0.3, -0.25) is 9.48 Å². The van der Waals surface area contributed by atoms with Gasteiger partial charge < -0.3 is 21.1 Å². The molecule has 0 bridgehead atoms. The van der Waals surface area contributed by atoms with E-state index in [1.807, 2.05) is 4.90 Å². The molecular weight excluding hydrogens is 426 g/mol. The topological polar surface area (TPSA) is 109 Å². The lowest BCUT2D eigenvalue weighted by atomic mass is 10.2. The minimum absolute atomic E-state index is 0.0136. The van der Waals surface area contributed by atoms with Gasteiger partial charge in [0.15, 0.2) is 11.5 Å². The molecule has 0 spiro atoms. The first-order chi connectivity index (χ1) is 14.8. The fraction of sp³-hybridized carbons (Fsp3) is 0.350. The Bertz CT molecular complexity index is 1100. The Morgan fingerprint density at radius 2 is 2.06 bits per heavy atom. The van der Waals surface area contributed by atoms with Crippen molar-refractivity contribution in [2.24, 2.45) is 7.05 Å². The van der Waals surface area contributed by atoms with Crippen molar-refractivity contribution in [3.05, 3.63) is 41.7 Å². The summed E-state index contributed by atoms with van der Waals surface area (Å²) in [6.45, 7) is 1.15. The van der Waals surface area contributed by atoms with E-state index in [-0.39, 0.29) is 21.3 Å². The average molecular weight is 448 g/mol. The molecule has 2 aromatic heterocycles. The van der Waals surface area contributed by atoms with Gasteiger partial charge in [-0.2, -0.15) is 5.10 Å². The lowest BCUT2D eigenvalue weighted by Crippen LogP contribution is -2.33. The molecule has 0 saturated carbocycles. The number of aliphatic hydroxyl groups is 1. The van der Waals surface area contributed by atoms with Crippen LogP contribution < -0.4 is 16.0 Å². The van der Waals surface area contributed by atoms with Crippen LogP contribution in [-0.2, 0) is 7.05 Å². The Hall–Kier alpha value is -3.05. The average Bonchev–Trinajstić information content (AvgIpc) is 3.18. The van der Waals surface area contributed by atoms with Crippen LogP contribution in [0.1, 0.15) is 29.8 Å². The molecule has 8 nitrogen and oxygen atoms in total. The minimum Gasteiger partial charge on any atom is -0.391 e. The van der Waals surface area contributed by atoms with Crippen molar-refractivity contribution in [3.8, 4) is 10.6 Å². The number of benzene rings is 1. The fourth-order valence-corrected chi connectivity index (χ4v) is 4.57. The third-order valence-corrected chi connectivity index (χ3v) is 6.05. The highest BCUT2D eigenvalue weighted by molar-refractivity contribution is 7.19. The summed E-state index contributed by atoms with van der Waals surface area (Å²) in [4.78, 5) is 19.0. The Kier molecular flexibility index (Phi) is 5.88. The molecule has 3 heterocycles. The van der Waals surface area contributed by atoms with Gasteiger partial charge in [0, 0.05) is 20.1 Å². The smallest absolute Gasteiger partial charge is 0.277 e. The van der Waals surface area contributed by atoms with Crippen molar-refractivity contribution in [3.63, 3.8) is 0 Å². The van der Waals surface area contributed by atoms with Gasteiger partial charge in [0.2, 0.25) is 0 Å². The normalized spacial score (nSPS) is 16.9. The van der Waals surface area contributed by atoms with E-state index < -0.39 is 23.6 Å². The molecule has 1 atom stereocenters. The van der Waals surface area contributed by atoms with E-state index in [0.29, 0.717) is 18.1 Å². The summed E-state index contributed by atoms with van der Waals surface area (Å²) < 4.78 is 29.8. The summed E-state index contributed by atoms with van der Waals surface area (Å²) in [6, 6.07) is 3.49. The quantitative estimate of drug-likeness (QED) is 0.566. The summed E-state index contributed by atoms with van der Waals surface area (Å²) in [5.74, 6) is -1.52. The Morgan fingerprint density at radius 3 is 2.81 bits per heavy atom. The van der Waals surface area contributed by atoms with Gasteiger partial charge in [0.1, 0.15) is 27.3 Å².